The fraction of sp³-hybridized carbons (Fsp3) is 0.545. The molecule has 0 unspecified atom stereocenters. The van der Waals surface area contributed by atoms with Crippen LogP contribution in [-0.2, 0) is 11.3 Å². The predicted molar refractivity (Wildman–Crippen MR) is 130 cm³/mol. The molecule has 0 spiro atoms. The highest BCUT2D eigenvalue weighted by Crippen LogP contribution is 2.14. The van der Waals surface area contributed by atoms with E-state index in [2.05, 4.69) is 63.0 Å². The maximum Gasteiger partial charge on any atom is 0.243 e. The van der Waals surface area contributed by atoms with Gasteiger partial charge < -0.3 is 15.5 Å². The fourth-order valence-electron chi connectivity index (χ4n) is 3.62. The van der Waals surface area contributed by atoms with Gasteiger partial charge in [-0.25, -0.2) is 4.99 Å². The molecule has 1 aliphatic carbocycles. The summed E-state index contributed by atoms with van der Waals surface area (Å²) in [5.74, 6) is 0.786. The van der Waals surface area contributed by atoms with E-state index in [-0.39, 0.29) is 36.4 Å². The third kappa shape index (κ3) is 7.97. The summed E-state index contributed by atoms with van der Waals surface area (Å²) in [6, 6.07) is 11.4. The van der Waals surface area contributed by atoms with Crippen LogP contribution in [0.25, 0.3) is 0 Å². The molecule has 6 nitrogen and oxygen atoms in total. The summed E-state index contributed by atoms with van der Waals surface area (Å²) >= 11 is 0. The molecular formula is C22H34IN5O. The number of amides is 1. The van der Waals surface area contributed by atoms with Gasteiger partial charge in [0, 0.05) is 45.8 Å². The normalized spacial score (nSPS) is 18.3. The summed E-state index contributed by atoms with van der Waals surface area (Å²) < 4.78 is 0. The number of aliphatic imine (C=N–C) groups is 1. The number of carbonyl (C=O) groups is 1. The Morgan fingerprint density at radius 1 is 1.07 bits per heavy atom. The Bertz CT molecular complexity index is 676. The quantitative estimate of drug-likeness (QED) is 0.267. The molecule has 29 heavy (non-hydrogen) atoms. The van der Waals surface area contributed by atoms with Crippen LogP contribution in [0.1, 0.15) is 31.2 Å². The van der Waals surface area contributed by atoms with Crippen molar-refractivity contribution < 1.29 is 4.79 Å². The number of halogens is 1. The largest absolute Gasteiger partial charge is 0.354 e. The predicted octanol–water partition coefficient (Wildman–Crippen LogP) is 2.61. The van der Waals surface area contributed by atoms with Crippen LogP contribution >= 0.6 is 24.0 Å². The molecule has 0 saturated carbocycles. The number of benzene rings is 1. The second-order valence-electron chi connectivity index (χ2n) is 7.92. The summed E-state index contributed by atoms with van der Waals surface area (Å²) in [6.45, 7) is 3.33. The van der Waals surface area contributed by atoms with Gasteiger partial charge in [-0.2, -0.15) is 0 Å². The van der Waals surface area contributed by atoms with Gasteiger partial charge in [0.05, 0.1) is 0 Å². The number of piperidine rings is 1. The number of nitrogens with zero attached hydrogens (tertiary/aromatic N) is 3. The molecule has 0 aromatic heterocycles. The molecule has 1 heterocycles. The smallest absolute Gasteiger partial charge is 0.243 e. The Morgan fingerprint density at radius 2 is 1.69 bits per heavy atom. The van der Waals surface area contributed by atoms with Crippen LogP contribution in [0.15, 0.2) is 47.5 Å². The maximum absolute atomic E-state index is 11.9. The zero-order chi connectivity index (χ0) is 19.8. The van der Waals surface area contributed by atoms with Crippen LogP contribution in [0.4, 0.5) is 0 Å². The molecule has 160 valence electrons. The Hall–Kier alpha value is -1.61. The number of hydrogen-bond acceptors (Lipinski definition) is 3. The standard InChI is InChI=1S/C22H33N5O.HI/c1-26(2)21(28)16-23-22(24-19-10-6-7-11-19)25-20-12-14-27(15-13-20)17-18-8-4-3-5-9-18;/h3-9,19-20H,10-17H2,1-2H3,(H2,23,24,25);1H. The highest BCUT2D eigenvalue weighted by molar-refractivity contribution is 14.0. The molecule has 2 aliphatic rings. The van der Waals surface area contributed by atoms with Gasteiger partial charge in [-0.15, -0.1) is 24.0 Å². The maximum atomic E-state index is 11.9. The Morgan fingerprint density at radius 3 is 2.31 bits per heavy atom. The van der Waals surface area contributed by atoms with Crippen molar-refractivity contribution in [3.8, 4) is 0 Å². The molecule has 3 rings (SSSR count). The molecule has 1 saturated heterocycles. The summed E-state index contributed by atoms with van der Waals surface area (Å²) in [4.78, 5) is 20.6. The lowest BCUT2D eigenvalue weighted by Gasteiger charge is -2.33. The molecule has 0 atom stereocenters. The van der Waals surface area contributed by atoms with Crippen LogP contribution in [0, 0.1) is 0 Å². The number of guanidine groups is 1. The fourth-order valence-corrected chi connectivity index (χ4v) is 3.62. The van der Waals surface area contributed by atoms with Crippen molar-refractivity contribution in [2.24, 2.45) is 4.99 Å². The van der Waals surface area contributed by atoms with E-state index in [1.54, 1.807) is 19.0 Å². The van der Waals surface area contributed by atoms with E-state index in [0.717, 1.165) is 51.3 Å². The topological polar surface area (TPSA) is 60.0 Å². The second-order valence-corrected chi connectivity index (χ2v) is 7.92. The molecule has 1 aromatic rings. The molecule has 1 aromatic carbocycles. The van der Waals surface area contributed by atoms with Gasteiger partial charge in [0.1, 0.15) is 6.54 Å². The first kappa shape index (κ1) is 23.7. The van der Waals surface area contributed by atoms with Crippen LogP contribution in [0.3, 0.4) is 0 Å². The number of rotatable bonds is 6. The molecule has 1 fully saturated rings. The van der Waals surface area contributed by atoms with Gasteiger partial charge in [0.2, 0.25) is 5.91 Å². The number of likely N-dealkylation sites (tertiary alicyclic amines) is 1. The third-order valence-corrected chi connectivity index (χ3v) is 5.40. The van der Waals surface area contributed by atoms with Crippen molar-refractivity contribution in [1.29, 1.82) is 0 Å². The minimum Gasteiger partial charge on any atom is -0.354 e. The summed E-state index contributed by atoms with van der Waals surface area (Å²) in [7, 11) is 3.53. The highest BCUT2D eigenvalue weighted by Gasteiger charge is 2.21. The molecule has 1 aliphatic heterocycles. The zero-order valence-electron chi connectivity index (χ0n) is 17.5. The van der Waals surface area contributed by atoms with Crippen LogP contribution < -0.4 is 10.6 Å². The number of likely N-dealkylation sites (N-methyl/N-ethyl adjacent to an activating group) is 1. The lowest BCUT2D eigenvalue weighted by atomic mass is 10.0. The van der Waals surface area contributed by atoms with Gasteiger partial charge >= 0.3 is 0 Å². The minimum absolute atomic E-state index is 0. The first-order valence-corrected chi connectivity index (χ1v) is 10.3. The summed E-state index contributed by atoms with van der Waals surface area (Å²) in [5, 5.41) is 7.08. The Kier molecular flexibility index (Phi) is 9.93. The van der Waals surface area contributed by atoms with Crippen LogP contribution in [0.2, 0.25) is 0 Å². The Labute approximate surface area is 191 Å². The number of nitrogens with one attached hydrogen (secondary N) is 2. The van der Waals surface area contributed by atoms with Gasteiger partial charge in [-0.3, -0.25) is 9.69 Å². The molecular weight excluding hydrogens is 477 g/mol. The van der Waals surface area contributed by atoms with Crippen LogP contribution in [0.5, 0.6) is 0 Å². The molecule has 2 N–H and O–H groups in total. The van der Waals surface area contributed by atoms with E-state index < -0.39 is 0 Å². The Balaban J connectivity index is 0.00000300. The summed E-state index contributed by atoms with van der Waals surface area (Å²) in [5.41, 5.74) is 1.37. The average molecular weight is 511 g/mol. The lowest BCUT2D eigenvalue weighted by molar-refractivity contribution is -0.127. The first-order valence-electron chi connectivity index (χ1n) is 10.3. The lowest BCUT2D eigenvalue weighted by Crippen LogP contribution is -2.50. The third-order valence-electron chi connectivity index (χ3n) is 5.40. The van der Waals surface area contributed by atoms with Gasteiger partial charge in [-0.05, 0) is 31.2 Å². The van der Waals surface area contributed by atoms with Gasteiger partial charge in [0.15, 0.2) is 5.96 Å². The monoisotopic (exact) mass is 511 g/mol. The average Bonchev–Trinajstić information content (AvgIpc) is 3.21. The van der Waals surface area contributed by atoms with E-state index in [1.807, 2.05) is 0 Å². The zero-order valence-corrected chi connectivity index (χ0v) is 19.8. The van der Waals surface area contributed by atoms with Gasteiger partial charge in [0.25, 0.3) is 0 Å². The molecule has 0 radical (unpaired) electrons. The van der Waals surface area contributed by atoms with Crippen molar-refractivity contribution in [1.82, 2.24) is 20.4 Å². The van der Waals surface area contributed by atoms with E-state index in [9.17, 15) is 4.79 Å². The van der Waals surface area contributed by atoms with E-state index in [1.165, 1.54) is 5.56 Å². The molecule has 7 heteroatoms. The minimum atomic E-state index is 0. The van der Waals surface area contributed by atoms with Crippen molar-refractivity contribution >= 4 is 35.8 Å². The van der Waals surface area contributed by atoms with Crippen LogP contribution in [-0.4, -0.2) is 67.5 Å². The van der Waals surface area contributed by atoms with E-state index in [0.29, 0.717) is 12.1 Å². The van der Waals surface area contributed by atoms with Crippen molar-refractivity contribution in [2.75, 3.05) is 33.7 Å². The molecule has 0 bridgehead atoms. The number of carbonyl (C=O) groups excluding carboxylic acids is 1. The number of hydrogen-bond donors (Lipinski definition) is 2. The van der Waals surface area contributed by atoms with Gasteiger partial charge in [-0.1, -0.05) is 42.5 Å². The SMILES string of the molecule is CN(C)C(=O)CN=C(NC1CC=CC1)NC1CCN(Cc2ccccc2)CC1.I. The van der Waals surface area contributed by atoms with Crippen molar-refractivity contribution in [2.45, 2.75) is 44.3 Å². The second kappa shape index (κ2) is 12.2. The summed E-state index contributed by atoms with van der Waals surface area (Å²) in [6.07, 6.45) is 8.58. The first-order chi connectivity index (χ1) is 13.6. The molecule has 1 amide bonds. The van der Waals surface area contributed by atoms with E-state index in [4.69, 9.17) is 0 Å². The van der Waals surface area contributed by atoms with E-state index >= 15 is 0 Å². The van der Waals surface area contributed by atoms with Crippen molar-refractivity contribution in [3.63, 3.8) is 0 Å². The van der Waals surface area contributed by atoms with Crippen molar-refractivity contribution in [3.05, 3.63) is 48.0 Å². The highest BCUT2D eigenvalue weighted by atomic mass is 127.